The molecule has 2 aromatic rings. The van der Waals surface area contributed by atoms with Crippen LogP contribution in [0.25, 0.3) is 0 Å². The van der Waals surface area contributed by atoms with Crippen LogP contribution >= 0.6 is 11.6 Å². The van der Waals surface area contributed by atoms with Gasteiger partial charge in [0.1, 0.15) is 0 Å². The number of hydrogen-bond acceptors (Lipinski definition) is 2. The van der Waals surface area contributed by atoms with Crippen LogP contribution in [0.4, 0.5) is 11.4 Å². The normalized spacial score (nSPS) is 17.6. The molecule has 1 fully saturated rings. The van der Waals surface area contributed by atoms with E-state index in [2.05, 4.69) is 5.32 Å². The number of rotatable bonds is 3. The summed E-state index contributed by atoms with van der Waals surface area (Å²) in [6.07, 6.45) is 0.213. The fraction of sp³-hybridized carbons (Fsp3) is 0.176. The highest BCUT2D eigenvalue weighted by Crippen LogP contribution is 2.27. The molecule has 0 aliphatic carbocycles. The summed E-state index contributed by atoms with van der Waals surface area (Å²) in [4.78, 5) is 26.1. The van der Waals surface area contributed by atoms with E-state index >= 15 is 0 Å². The molecular weight excluding hydrogens is 300 g/mol. The monoisotopic (exact) mass is 314 g/mol. The zero-order valence-electron chi connectivity index (χ0n) is 11.8. The molecule has 1 heterocycles. The smallest absolute Gasteiger partial charge is 0.229 e. The molecule has 2 amide bonds. The van der Waals surface area contributed by atoms with Gasteiger partial charge in [-0.1, -0.05) is 35.9 Å². The molecule has 0 bridgehead atoms. The van der Waals surface area contributed by atoms with Crippen LogP contribution in [0.3, 0.4) is 0 Å². The largest absolute Gasteiger partial charge is 0.326 e. The molecule has 112 valence electrons. The minimum Gasteiger partial charge on any atom is -0.326 e. The first-order chi connectivity index (χ1) is 10.6. The van der Waals surface area contributed by atoms with Gasteiger partial charge in [-0.3, -0.25) is 9.59 Å². The van der Waals surface area contributed by atoms with Crippen molar-refractivity contribution < 1.29 is 9.59 Å². The van der Waals surface area contributed by atoms with Gasteiger partial charge in [0.25, 0.3) is 0 Å². The van der Waals surface area contributed by atoms with Crippen LogP contribution in [-0.4, -0.2) is 18.4 Å². The molecule has 2 aromatic carbocycles. The second kappa shape index (κ2) is 6.20. The van der Waals surface area contributed by atoms with Crippen LogP contribution in [0.15, 0.2) is 54.6 Å². The number of amides is 2. The van der Waals surface area contributed by atoms with E-state index in [0.717, 1.165) is 11.4 Å². The molecule has 0 unspecified atom stereocenters. The highest BCUT2D eigenvalue weighted by atomic mass is 35.5. The SMILES string of the molecule is O=C(Nc1ccccc1)[C@@H]1CC(=O)N(c2cccc(Cl)c2)C1. The minimum atomic E-state index is -0.355. The number of anilines is 2. The summed E-state index contributed by atoms with van der Waals surface area (Å²) < 4.78 is 0. The Labute approximate surface area is 133 Å². The number of benzene rings is 2. The predicted octanol–water partition coefficient (Wildman–Crippen LogP) is 3.33. The first-order valence-corrected chi connectivity index (χ1v) is 7.43. The third-order valence-electron chi connectivity index (χ3n) is 3.66. The Hall–Kier alpha value is -2.33. The Kier molecular flexibility index (Phi) is 4.11. The number of nitrogens with one attached hydrogen (secondary N) is 1. The fourth-order valence-corrected chi connectivity index (χ4v) is 2.73. The average Bonchev–Trinajstić information content (AvgIpc) is 2.90. The van der Waals surface area contributed by atoms with Crippen LogP contribution in [0, 0.1) is 5.92 Å². The number of para-hydroxylation sites is 1. The second-order valence-corrected chi connectivity index (χ2v) is 5.68. The van der Waals surface area contributed by atoms with Gasteiger partial charge in [0, 0.05) is 29.4 Å². The van der Waals surface area contributed by atoms with Gasteiger partial charge in [-0.15, -0.1) is 0 Å². The third kappa shape index (κ3) is 3.12. The van der Waals surface area contributed by atoms with Crippen molar-refractivity contribution in [2.45, 2.75) is 6.42 Å². The van der Waals surface area contributed by atoms with Gasteiger partial charge in [0.15, 0.2) is 0 Å². The van der Waals surface area contributed by atoms with E-state index in [1.165, 1.54) is 0 Å². The molecule has 1 N–H and O–H groups in total. The summed E-state index contributed by atoms with van der Waals surface area (Å²) in [5.74, 6) is -0.550. The third-order valence-corrected chi connectivity index (χ3v) is 3.89. The standard InChI is InChI=1S/C17H15ClN2O2/c18-13-5-4-8-15(10-13)20-11-12(9-16(20)21)17(22)19-14-6-2-1-3-7-14/h1-8,10,12H,9,11H2,(H,19,22)/t12-/m1/s1. The Morgan fingerprint density at radius 2 is 1.91 bits per heavy atom. The quantitative estimate of drug-likeness (QED) is 0.944. The van der Waals surface area contributed by atoms with E-state index in [4.69, 9.17) is 11.6 Å². The van der Waals surface area contributed by atoms with E-state index in [1.54, 1.807) is 23.1 Å². The van der Waals surface area contributed by atoms with Crippen LogP contribution in [0.1, 0.15) is 6.42 Å². The van der Waals surface area contributed by atoms with Crippen molar-refractivity contribution in [2.75, 3.05) is 16.8 Å². The zero-order chi connectivity index (χ0) is 15.5. The van der Waals surface area contributed by atoms with Gasteiger partial charge < -0.3 is 10.2 Å². The lowest BCUT2D eigenvalue weighted by atomic mass is 10.1. The molecule has 4 nitrogen and oxygen atoms in total. The van der Waals surface area contributed by atoms with Gasteiger partial charge >= 0.3 is 0 Å². The predicted molar refractivity (Wildman–Crippen MR) is 87.0 cm³/mol. The van der Waals surface area contributed by atoms with Crippen LogP contribution < -0.4 is 10.2 Å². The summed E-state index contributed by atoms with van der Waals surface area (Å²) in [5, 5.41) is 3.42. The summed E-state index contributed by atoms with van der Waals surface area (Å²) in [7, 11) is 0. The number of carbonyl (C=O) groups excluding carboxylic acids is 2. The molecule has 1 aliphatic rings. The lowest BCUT2D eigenvalue weighted by Crippen LogP contribution is -2.28. The van der Waals surface area contributed by atoms with Crippen molar-refractivity contribution in [3.05, 3.63) is 59.6 Å². The Bertz CT molecular complexity index is 703. The molecule has 1 aliphatic heterocycles. The summed E-state index contributed by atoms with van der Waals surface area (Å²) in [6, 6.07) is 16.3. The first-order valence-electron chi connectivity index (χ1n) is 7.05. The first kappa shape index (κ1) is 14.6. The van der Waals surface area contributed by atoms with Gasteiger partial charge in [-0.25, -0.2) is 0 Å². The Balaban J connectivity index is 1.70. The minimum absolute atomic E-state index is 0.0597. The molecule has 1 atom stereocenters. The molecule has 0 aromatic heterocycles. The maximum Gasteiger partial charge on any atom is 0.229 e. The number of nitrogens with zero attached hydrogens (tertiary/aromatic N) is 1. The number of carbonyl (C=O) groups is 2. The maximum absolute atomic E-state index is 12.3. The van der Waals surface area contributed by atoms with E-state index in [1.807, 2.05) is 36.4 Å². The average molecular weight is 315 g/mol. The lowest BCUT2D eigenvalue weighted by molar-refractivity contribution is -0.122. The topological polar surface area (TPSA) is 49.4 Å². The van der Waals surface area contributed by atoms with Crippen LogP contribution in [0.2, 0.25) is 5.02 Å². The molecular formula is C17H15ClN2O2. The molecule has 22 heavy (non-hydrogen) atoms. The molecule has 1 saturated heterocycles. The maximum atomic E-state index is 12.3. The molecule has 0 spiro atoms. The molecule has 0 saturated carbocycles. The number of hydrogen-bond donors (Lipinski definition) is 1. The van der Waals surface area contributed by atoms with Crippen molar-refractivity contribution >= 4 is 34.8 Å². The Morgan fingerprint density at radius 3 is 2.64 bits per heavy atom. The van der Waals surface area contributed by atoms with E-state index in [9.17, 15) is 9.59 Å². The van der Waals surface area contributed by atoms with E-state index in [-0.39, 0.29) is 24.2 Å². The highest BCUT2D eigenvalue weighted by Gasteiger charge is 2.35. The summed E-state index contributed by atoms with van der Waals surface area (Å²) >= 11 is 5.96. The second-order valence-electron chi connectivity index (χ2n) is 5.24. The van der Waals surface area contributed by atoms with E-state index in [0.29, 0.717) is 11.6 Å². The molecule has 5 heteroatoms. The van der Waals surface area contributed by atoms with Crippen LogP contribution in [0.5, 0.6) is 0 Å². The highest BCUT2D eigenvalue weighted by molar-refractivity contribution is 6.31. The Morgan fingerprint density at radius 1 is 1.14 bits per heavy atom. The zero-order valence-corrected chi connectivity index (χ0v) is 12.6. The lowest BCUT2D eigenvalue weighted by Gasteiger charge is -2.17. The van der Waals surface area contributed by atoms with Crippen molar-refractivity contribution in [3.63, 3.8) is 0 Å². The van der Waals surface area contributed by atoms with Gasteiger partial charge in [-0.05, 0) is 30.3 Å². The summed E-state index contributed by atoms with van der Waals surface area (Å²) in [6.45, 7) is 0.373. The van der Waals surface area contributed by atoms with Gasteiger partial charge in [0.2, 0.25) is 11.8 Å². The number of halogens is 1. The summed E-state index contributed by atoms with van der Waals surface area (Å²) in [5.41, 5.74) is 1.47. The van der Waals surface area contributed by atoms with Crippen molar-refractivity contribution in [1.82, 2.24) is 0 Å². The van der Waals surface area contributed by atoms with Crippen molar-refractivity contribution in [2.24, 2.45) is 5.92 Å². The molecule has 3 rings (SSSR count). The van der Waals surface area contributed by atoms with Crippen molar-refractivity contribution in [3.8, 4) is 0 Å². The fourth-order valence-electron chi connectivity index (χ4n) is 2.54. The van der Waals surface area contributed by atoms with E-state index < -0.39 is 0 Å². The molecule has 0 radical (unpaired) electrons. The van der Waals surface area contributed by atoms with Gasteiger partial charge in [0.05, 0.1) is 5.92 Å². The van der Waals surface area contributed by atoms with Gasteiger partial charge in [-0.2, -0.15) is 0 Å². The van der Waals surface area contributed by atoms with Crippen molar-refractivity contribution in [1.29, 1.82) is 0 Å². The van der Waals surface area contributed by atoms with Crippen LogP contribution in [-0.2, 0) is 9.59 Å².